The zero-order chi connectivity index (χ0) is 44.8. The van der Waals surface area contributed by atoms with Gasteiger partial charge in [0.1, 0.15) is 5.75 Å². The molecule has 0 fully saturated rings. The largest absolute Gasteiger partial charge is 0.387 e. The van der Waals surface area contributed by atoms with Crippen LogP contribution in [0.25, 0.3) is 0 Å². The van der Waals surface area contributed by atoms with Crippen LogP contribution in [-0.4, -0.2) is 78.4 Å². The fourth-order valence-corrected chi connectivity index (χ4v) is 10.5. The highest BCUT2D eigenvalue weighted by atomic mass is 32.2. The second-order valence-electron chi connectivity index (χ2n) is 16.3. The first-order valence-electron chi connectivity index (χ1n) is 21.9. The van der Waals surface area contributed by atoms with Gasteiger partial charge in [-0.15, -0.1) is 5.26 Å². The maximum Gasteiger partial charge on any atom is 0.333 e. The standard InChI is InChI=1S/C22H31N5O3S.C13H13NO.C9H18N4O2S/c1-4-27(5-2)14-17-13-20(24-26(17)3)31(29,30)25-22(28)23-21-18-10-6-8-15(18)12-16-9-7-11-19(16)21;14-8-15-13-11-5-1-3-9(11)7-10-4-2-6-12(10)13;1-4-13(5-2)7-8-6-9(11-12(8)3)16(10,14)15/h12-13H,4-11,14H2,1-3H3,(H2,23,25,28);7H,1-6H2;6H,4-5,7H2,1-3H3,(H2,10,14,15). The van der Waals surface area contributed by atoms with E-state index in [9.17, 15) is 21.6 Å². The molecule has 0 radical (unpaired) electrons. The van der Waals surface area contributed by atoms with Crippen LogP contribution in [-0.2, 0) is 98.6 Å². The van der Waals surface area contributed by atoms with Gasteiger partial charge in [-0.1, -0.05) is 39.8 Å². The summed E-state index contributed by atoms with van der Waals surface area (Å²) in [7, 11) is -4.34. The van der Waals surface area contributed by atoms with Crippen LogP contribution in [0.15, 0.2) is 34.3 Å². The van der Waals surface area contributed by atoms with E-state index in [1.807, 2.05) is 6.26 Å². The van der Waals surface area contributed by atoms with Crippen molar-refractivity contribution >= 4 is 31.8 Å². The summed E-state index contributed by atoms with van der Waals surface area (Å²) in [5, 5.41) is 24.4. The number of amides is 2. The van der Waals surface area contributed by atoms with Crippen LogP contribution >= 0.6 is 0 Å². The number of rotatable bonds is 13. The van der Waals surface area contributed by atoms with Gasteiger partial charge in [0.05, 0.1) is 11.4 Å². The van der Waals surface area contributed by atoms with E-state index in [1.165, 1.54) is 58.4 Å². The molecule has 0 bridgehead atoms. The number of hydrogen-bond acceptors (Lipinski definition) is 11. The highest BCUT2D eigenvalue weighted by molar-refractivity contribution is 7.90. The minimum atomic E-state index is -4.07. The summed E-state index contributed by atoms with van der Waals surface area (Å²) in [6, 6.07) is 6.94. The topological polar surface area (TPSA) is 211 Å². The maximum atomic E-state index is 12.8. The number of aryl methyl sites for hydroxylation is 6. The average Bonchev–Trinajstić information content (AvgIpc) is 4.10. The molecule has 2 aromatic heterocycles. The van der Waals surface area contributed by atoms with Gasteiger partial charge in [0.25, 0.3) is 26.3 Å². The number of carbonyl (C=O) groups excluding carboxylic acids is 1. The normalized spacial score (nSPS) is 14.9. The Bertz CT molecular complexity index is 2470. The summed E-state index contributed by atoms with van der Waals surface area (Å²) in [6.07, 6.45) is 14.7. The molecule has 4 aliphatic rings. The van der Waals surface area contributed by atoms with Crippen LogP contribution in [0.4, 0.5) is 10.5 Å². The number of nitriles is 1. The molecule has 0 saturated carbocycles. The molecule has 0 aliphatic heterocycles. The van der Waals surface area contributed by atoms with Crippen molar-refractivity contribution in [2.75, 3.05) is 31.5 Å². The number of primary sulfonamides is 1. The molecular formula is C44H62N10O6S2. The van der Waals surface area contributed by atoms with Gasteiger partial charge in [0, 0.05) is 45.0 Å². The fraction of sp³-hybridized carbons (Fsp3) is 0.545. The zero-order valence-electron chi connectivity index (χ0n) is 37.0. The Morgan fingerprint density at radius 1 is 0.694 bits per heavy atom. The Morgan fingerprint density at radius 2 is 1.10 bits per heavy atom. The number of fused-ring (bicyclic) bond motifs is 4. The summed E-state index contributed by atoms with van der Waals surface area (Å²) in [6.45, 7) is 13.0. The number of urea groups is 1. The molecule has 62 heavy (non-hydrogen) atoms. The maximum absolute atomic E-state index is 12.8. The Morgan fingerprint density at radius 3 is 1.50 bits per heavy atom. The number of nitrogens with two attached hydrogens (primary N) is 1. The summed E-state index contributed by atoms with van der Waals surface area (Å²) in [5.41, 5.74) is 12.8. The van der Waals surface area contributed by atoms with Gasteiger partial charge >= 0.3 is 6.03 Å². The van der Waals surface area contributed by atoms with E-state index in [1.54, 1.807) is 23.5 Å². The molecule has 0 spiro atoms. The minimum absolute atomic E-state index is 0.0721. The number of sulfonamides is 2. The van der Waals surface area contributed by atoms with Crippen molar-refractivity contribution < 1.29 is 26.4 Å². The minimum Gasteiger partial charge on any atom is -0.387 e. The van der Waals surface area contributed by atoms with E-state index in [4.69, 9.17) is 15.1 Å². The van der Waals surface area contributed by atoms with Gasteiger partial charge in [0.2, 0.25) is 0 Å². The third kappa shape index (κ3) is 10.7. The lowest BCUT2D eigenvalue weighted by Gasteiger charge is -2.17. The van der Waals surface area contributed by atoms with Gasteiger partial charge in [-0.05, 0) is 148 Å². The molecule has 4 aromatic rings. The number of ether oxygens (including phenoxy) is 1. The van der Waals surface area contributed by atoms with E-state index in [2.05, 4.69) is 69.9 Å². The molecule has 4 aliphatic carbocycles. The van der Waals surface area contributed by atoms with Crippen LogP contribution in [0.2, 0.25) is 0 Å². The molecule has 2 amide bonds. The van der Waals surface area contributed by atoms with E-state index in [0.29, 0.717) is 13.1 Å². The Labute approximate surface area is 366 Å². The van der Waals surface area contributed by atoms with Crippen molar-refractivity contribution in [2.45, 2.75) is 128 Å². The van der Waals surface area contributed by atoms with Crippen molar-refractivity contribution in [1.82, 2.24) is 34.1 Å². The first-order valence-corrected chi connectivity index (χ1v) is 24.9. The number of nitrogens with zero attached hydrogens (tertiary/aromatic N) is 7. The van der Waals surface area contributed by atoms with E-state index >= 15 is 0 Å². The third-order valence-electron chi connectivity index (χ3n) is 12.5. The lowest BCUT2D eigenvalue weighted by atomic mass is 9.99. The molecule has 2 heterocycles. The average molecular weight is 891 g/mol. The Balaban J connectivity index is 0.000000173. The van der Waals surface area contributed by atoms with Crippen molar-refractivity contribution in [3.05, 3.63) is 80.2 Å². The molecule has 0 unspecified atom stereocenters. The third-order valence-corrected chi connectivity index (χ3v) is 14.5. The van der Waals surface area contributed by atoms with Crippen LogP contribution in [0.3, 0.4) is 0 Å². The van der Waals surface area contributed by atoms with Crippen molar-refractivity contribution in [3.8, 4) is 12.0 Å². The summed E-state index contributed by atoms with van der Waals surface area (Å²) < 4.78 is 58.3. The smallest absolute Gasteiger partial charge is 0.333 e. The first-order chi connectivity index (χ1) is 29.6. The number of nitrogens with one attached hydrogen (secondary N) is 2. The summed E-state index contributed by atoms with van der Waals surface area (Å²) in [4.78, 5) is 17.1. The van der Waals surface area contributed by atoms with Gasteiger partial charge < -0.3 is 10.1 Å². The molecule has 336 valence electrons. The van der Waals surface area contributed by atoms with E-state index in [0.717, 1.165) is 124 Å². The predicted molar refractivity (Wildman–Crippen MR) is 238 cm³/mol. The van der Waals surface area contributed by atoms with Crippen LogP contribution in [0.5, 0.6) is 5.75 Å². The lowest BCUT2D eigenvalue weighted by Crippen LogP contribution is -2.35. The van der Waals surface area contributed by atoms with Crippen LogP contribution in [0.1, 0.15) is 109 Å². The van der Waals surface area contributed by atoms with Crippen molar-refractivity contribution in [3.63, 3.8) is 0 Å². The highest BCUT2D eigenvalue weighted by Gasteiger charge is 2.28. The lowest BCUT2D eigenvalue weighted by molar-refractivity contribution is 0.256. The zero-order valence-corrected chi connectivity index (χ0v) is 38.6. The number of aromatic nitrogens is 4. The SMILES string of the molecule is CCN(CC)Cc1cc(S(=O)(=O)NC(=O)Nc2c3c(cc4c2CCC4)CCC3)nn1C.CCN(CC)Cc1cc(S(N)(=O)=O)nn1C.N#COc1c2c(cc3c1CCC3)CCC2. The summed E-state index contributed by atoms with van der Waals surface area (Å²) >= 11 is 0. The van der Waals surface area contributed by atoms with Crippen molar-refractivity contribution in [2.24, 2.45) is 19.2 Å². The van der Waals surface area contributed by atoms with Crippen LogP contribution < -0.4 is 19.9 Å². The number of hydrogen-bond donors (Lipinski definition) is 3. The van der Waals surface area contributed by atoms with Crippen LogP contribution in [0, 0.1) is 11.5 Å². The molecule has 18 heteroatoms. The molecule has 0 atom stereocenters. The van der Waals surface area contributed by atoms with Gasteiger partial charge in [0.15, 0.2) is 10.1 Å². The Kier molecular flexibility index (Phi) is 15.2. The Hall–Kier alpha value is -4.80. The second kappa shape index (κ2) is 20.1. The molecular weight excluding hydrogens is 829 g/mol. The number of benzene rings is 2. The van der Waals surface area contributed by atoms with Gasteiger partial charge in [-0.2, -0.15) is 18.6 Å². The molecule has 0 saturated heterocycles. The monoisotopic (exact) mass is 890 g/mol. The van der Waals surface area contributed by atoms with Crippen molar-refractivity contribution in [1.29, 1.82) is 5.26 Å². The number of anilines is 1. The molecule has 2 aromatic carbocycles. The molecule has 8 rings (SSSR count). The highest BCUT2D eigenvalue weighted by Crippen LogP contribution is 2.40. The number of carbonyl (C=O) groups is 1. The van der Waals surface area contributed by atoms with E-state index in [-0.39, 0.29) is 10.1 Å². The molecule has 16 nitrogen and oxygen atoms in total. The fourth-order valence-electron chi connectivity index (χ4n) is 9.09. The summed E-state index contributed by atoms with van der Waals surface area (Å²) in [5.74, 6) is 0.903. The quantitative estimate of drug-likeness (QED) is 0.149. The first kappa shape index (κ1) is 46.7. The molecule has 4 N–H and O–H groups in total. The second-order valence-corrected chi connectivity index (χ2v) is 19.5. The van der Waals surface area contributed by atoms with Gasteiger partial charge in [-0.25, -0.2) is 23.1 Å². The van der Waals surface area contributed by atoms with Gasteiger partial charge in [-0.3, -0.25) is 19.2 Å². The predicted octanol–water partition coefficient (Wildman–Crippen LogP) is 5.18. The van der Waals surface area contributed by atoms with E-state index < -0.39 is 26.1 Å².